The number of hydrogen-bond donors (Lipinski definition) is 2. The number of benzene rings is 1. The Labute approximate surface area is 149 Å². The van der Waals surface area contributed by atoms with Crippen molar-refractivity contribution in [1.82, 2.24) is 10.3 Å². The summed E-state index contributed by atoms with van der Waals surface area (Å²) in [5, 5.41) is 7.03. The molecule has 4 nitrogen and oxygen atoms in total. The van der Waals surface area contributed by atoms with Crippen LogP contribution in [0.2, 0.25) is 0 Å². The molecule has 0 aliphatic carbocycles. The average molecular weight is 343 g/mol. The summed E-state index contributed by atoms with van der Waals surface area (Å²) in [7, 11) is 0. The van der Waals surface area contributed by atoms with E-state index in [-0.39, 0.29) is 0 Å². The lowest BCUT2D eigenvalue weighted by Gasteiger charge is -2.10. The average Bonchev–Trinajstić information content (AvgIpc) is 2.62. The summed E-state index contributed by atoms with van der Waals surface area (Å²) >= 11 is 5.26. The Kier molecular flexibility index (Phi) is 8.65. The molecular weight excluding hydrogens is 318 g/mol. The molecule has 2 N–H and O–H groups in total. The molecule has 0 saturated heterocycles. The van der Waals surface area contributed by atoms with Gasteiger partial charge in [0.25, 0.3) is 0 Å². The second kappa shape index (κ2) is 11.4. The van der Waals surface area contributed by atoms with Crippen LogP contribution in [0.15, 0.2) is 54.9 Å². The molecule has 1 aromatic carbocycles. The van der Waals surface area contributed by atoms with Crippen LogP contribution in [0.4, 0.5) is 5.69 Å². The number of nitrogens with one attached hydrogen (secondary N) is 2. The molecule has 0 unspecified atom stereocenters. The van der Waals surface area contributed by atoms with E-state index in [2.05, 4.69) is 15.6 Å². The van der Waals surface area contributed by atoms with Gasteiger partial charge in [0.05, 0.1) is 6.61 Å². The third-order valence-corrected chi connectivity index (χ3v) is 3.80. The topological polar surface area (TPSA) is 46.2 Å². The molecule has 0 saturated carbocycles. The fourth-order valence-electron chi connectivity index (χ4n) is 2.28. The normalized spacial score (nSPS) is 10.2. The van der Waals surface area contributed by atoms with Crippen molar-refractivity contribution in [2.24, 2.45) is 0 Å². The van der Waals surface area contributed by atoms with E-state index in [0.29, 0.717) is 5.11 Å². The maximum absolute atomic E-state index is 5.68. The first-order valence-corrected chi connectivity index (χ1v) is 8.88. The van der Waals surface area contributed by atoms with E-state index in [1.165, 1.54) is 19.3 Å². The summed E-state index contributed by atoms with van der Waals surface area (Å²) in [6, 6.07) is 13.8. The number of para-hydroxylation sites is 1. The summed E-state index contributed by atoms with van der Waals surface area (Å²) in [4.78, 5) is 3.97. The quantitative estimate of drug-likeness (QED) is 0.495. The van der Waals surface area contributed by atoms with Crippen LogP contribution in [0.5, 0.6) is 5.75 Å². The van der Waals surface area contributed by atoms with Gasteiger partial charge in [-0.25, -0.2) is 0 Å². The number of anilines is 1. The molecule has 2 rings (SSSR count). The van der Waals surface area contributed by atoms with Crippen molar-refractivity contribution >= 4 is 23.0 Å². The second-order valence-electron chi connectivity index (χ2n) is 5.55. The molecule has 0 spiro atoms. The fraction of sp³-hybridized carbons (Fsp3) is 0.368. The number of rotatable bonds is 10. The van der Waals surface area contributed by atoms with E-state index < -0.39 is 0 Å². The highest BCUT2D eigenvalue weighted by atomic mass is 32.1. The summed E-state index contributed by atoms with van der Waals surface area (Å²) in [5.74, 6) is 0.955. The van der Waals surface area contributed by atoms with Gasteiger partial charge in [-0.2, -0.15) is 0 Å². The van der Waals surface area contributed by atoms with E-state index in [9.17, 15) is 0 Å². The largest absolute Gasteiger partial charge is 0.494 e. The molecule has 1 heterocycles. The number of aromatic nitrogens is 1. The van der Waals surface area contributed by atoms with Crippen molar-refractivity contribution in [3.63, 3.8) is 0 Å². The molecule has 5 heteroatoms. The monoisotopic (exact) mass is 343 g/mol. The minimum Gasteiger partial charge on any atom is -0.494 e. The number of ether oxygens (including phenoxy) is 1. The lowest BCUT2D eigenvalue weighted by molar-refractivity contribution is 0.304. The smallest absolute Gasteiger partial charge is 0.170 e. The Balaban J connectivity index is 1.41. The molecule has 0 radical (unpaired) electrons. The van der Waals surface area contributed by atoms with Crippen LogP contribution in [0.1, 0.15) is 32.1 Å². The zero-order chi connectivity index (χ0) is 16.9. The molecule has 128 valence electrons. The molecule has 0 aliphatic heterocycles. The number of nitrogens with zero attached hydrogens (tertiary/aromatic N) is 1. The Morgan fingerprint density at radius 3 is 2.42 bits per heavy atom. The van der Waals surface area contributed by atoms with Crippen LogP contribution >= 0.6 is 12.2 Å². The molecule has 0 amide bonds. The zero-order valence-corrected chi connectivity index (χ0v) is 14.7. The third kappa shape index (κ3) is 7.92. The van der Waals surface area contributed by atoms with E-state index in [1.807, 2.05) is 42.5 Å². The van der Waals surface area contributed by atoms with Gasteiger partial charge in [0.1, 0.15) is 5.75 Å². The number of pyridine rings is 1. The van der Waals surface area contributed by atoms with Gasteiger partial charge in [0.2, 0.25) is 0 Å². The fourth-order valence-corrected chi connectivity index (χ4v) is 2.50. The maximum atomic E-state index is 5.68. The Morgan fingerprint density at radius 2 is 1.62 bits per heavy atom. The molecule has 2 aromatic rings. The van der Waals surface area contributed by atoms with Crippen molar-refractivity contribution in [2.45, 2.75) is 32.1 Å². The summed E-state index contributed by atoms with van der Waals surface area (Å²) in [5.41, 5.74) is 0.959. The highest BCUT2D eigenvalue weighted by Gasteiger charge is 1.97. The molecule has 1 aromatic heterocycles. The van der Waals surface area contributed by atoms with Crippen molar-refractivity contribution < 1.29 is 4.74 Å². The van der Waals surface area contributed by atoms with Gasteiger partial charge in [-0.05, 0) is 49.3 Å². The van der Waals surface area contributed by atoms with Crippen molar-refractivity contribution in [1.29, 1.82) is 0 Å². The standard InChI is InChI=1S/C19H25N3OS/c24-19(22-17-11-14-20-15-12-17)21-13-7-2-1-3-8-16-23-18-9-5-4-6-10-18/h4-6,9-12,14-15H,1-3,7-8,13,16H2,(H2,20,21,22,24). The first-order chi connectivity index (χ1) is 11.8. The molecule has 0 fully saturated rings. The van der Waals surface area contributed by atoms with Gasteiger partial charge in [-0.3, -0.25) is 4.98 Å². The van der Waals surface area contributed by atoms with Gasteiger partial charge in [-0.1, -0.05) is 37.5 Å². The maximum Gasteiger partial charge on any atom is 0.170 e. The summed E-state index contributed by atoms with van der Waals surface area (Å²) < 4.78 is 5.68. The van der Waals surface area contributed by atoms with Gasteiger partial charge in [0, 0.05) is 24.6 Å². The molecule has 24 heavy (non-hydrogen) atoms. The second-order valence-corrected chi connectivity index (χ2v) is 5.95. The van der Waals surface area contributed by atoms with Crippen LogP contribution < -0.4 is 15.4 Å². The Morgan fingerprint density at radius 1 is 0.917 bits per heavy atom. The molecule has 0 bridgehead atoms. The van der Waals surface area contributed by atoms with Crippen LogP contribution in [0, 0.1) is 0 Å². The van der Waals surface area contributed by atoms with Crippen LogP contribution in [-0.4, -0.2) is 23.2 Å². The Hall–Kier alpha value is -2.14. The highest BCUT2D eigenvalue weighted by Crippen LogP contribution is 2.10. The number of hydrogen-bond acceptors (Lipinski definition) is 3. The van der Waals surface area contributed by atoms with Crippen molar-refractivity contribution in [3.05, 3.63) is 54.9 Å². The minimum absolute atomic E-state index is 0.664. The van der Waals surface area contributed by atoms with E-state index in [4.69, 9.17) is 17.0 Å². The first kappa shape index (κ1) is 18.2. The van der Waals surface area contributed by atoms with E-state index in [0.717, 1.165) is 37.4 Å². The van der Waals surface area contributed by atoms with Crippen LogP contribution in [0.3, 0.4) is 0 Å². The third-order valence-electron chi connectivity index (χ3n) is 3.56. The predicted molar refractivity (Wildman–Crippen MR) is 103 cm³/mol. The van der Waals surface area contributed by atoms with Gasteiger partial charge < -0.3 is 15.4 Å². The van der Waals surface area contributed by atoms with Gasteiger partial charge >= 0.3 is 0 Å². The van der Waals surface area contributed by atoms with Gasteiger partial charge in [-0.15, -0.1) is 0 Å². The zero-order valence-electron chi connectivity index (χ0n) is 13.9. The van der Waals surface area contributed by atoms with E-state index >= 15 is 0 Å². The van der Waals surface area contributed by atoms with Gasteiger partial charge in [0.15, 0.2) is 5.11 Å². The SMILES string of the molecule is S=C(NCCCCCCCOc1ccccc1)Nc1ccncc1. The number of unbranched alkanes of at least 4 members (excludes halogenated alkanes) is 4. The van der Waals surface area contributed by atoms with Crippen LogP contribution in [0.25, 0.3) is 0 Å². The van der Waals surface area contributed by atoms with Crippen molar-refractivity contribution in [3.8, 4) is 5.75 Å². The van der Waals surface area contributed by atoms with E-state index in [1.54, 1.807) is 12.4 Å². The lowest BCUT2D eigenvalue weighted by atomic mass is 10.1. The molecule has 0 atom stereocenters. The minimum atomic E-state index is 0.664. The molecular formula is C19H25N3OS. The summed E-state index contributed by atoms with van der Waals surface area (Å²) in [6.07, 6.45) is 9.34. The highest BCUT2D eigenvalue weighted by molar-refractivity contribution is 7.80. The Bertz CT molecular complexity index is 578. The summed E-state index contributed by atoms with van der Waals surface area (Å²) in [6.45, 7) is 1.69. The number of thiocarbonyl (C=S) groups is 1. The first-order valence-electron chi connectivity index (χ1n) is 8.47. The predicted octanol–water partition coefficient (Wildman–Crippen LogP) is 4.40. The van der Waals surface area contributed by atoms with Crippen LogP contribution in [-0.2, 0) is 0 Å². The molecule has 0 aliphatic rings. The van der Waals surface area contributed by atoms with Crippen molar-refractivity contribution in [2.75, 3.05) is 18.5 Å². The lowest BCUT2D eigenvalue weighted by Crippen LogP contribution is -2.29.